The quantitative estimate of drug-likeness (QED) is 0.857. The number of hydrogen-bond acceptors (Lipinski definition) is 3. The number of nitrogens with zero attached hydrogens (tertiary/aromatic N) is 2. The number of anilines is 1. The number of benzene rings is 1. The summed E-state index contributed by atoms with van der Waals surface area (Å²) in [5.74, 6) is 1.40. The molecule has 0 fully saturated rings. The van der Waals surface area contributed by atoms with Gasteiger partial charge in [-0.2, -0.15) is 5.10 Å². The fourth-order valence-electron chi connectivity index (χ4n) is 1.49. The molecular weight excluding hydrogens is 202 g/mol. The van der Waals surface area contributed by atoms with E-state index in [9.17, 15) is 0 Å². The van der Waals surface area contributed by atoms with Crippen molar-refractivity contribution in [2.45, 2.75) is 13.8 Å². The zero-order valence-corrected chi connectivity index (χ0v) is 9.47. The number of rotatable bonds is 3. The van der Waals surface area contributed by atoms with E-state index in [2.05, 4.69) is 5.10 Å². The minimum Gasteiger partial charge on any atom is -0.494 e. The summed E-state index contributed by atoms with van der Waals surface area (Å²) in [7, 11) is 0. The molecular formula is C12H15N3O. The first kappa shape index (κ1) is 10.5. The summed E-state index contributed by atoms with van der Waals surface area (Å²) < 4.78 is 7.19. The second-order valence-corrected chi connectivity index (χ2v) is 3.57. The Morgan fingerprint density at radius 3 is 2.88 bits per heavy atom. The van der Waals surface area contributed by atoms with Gasteiger partial charge >= 0.3 is 0 Å². The molecule has 1 aromatic carbocycles. The molecule has 1 aromatic heterocycles. The van der Waals surface area contributed by atoms with Gasteiger partial charge in [-0.25, -0.2) is 4.68 Å². The molecule has 0 aliphatic heterocycles. The molecule has 0 aliphatic carbocycles. The van der Waals surface area contributed by atoms with Gasteiger partial charge in [0.05, 0.1) is 12.3 Å². The predicted octanol–water partition coefficient (Wildman–Crippen LogP) is 2.16. The van der Waals surface area contributed by atoms with E-state index in [0.717, 1.165) is 17.0 Å². The molecule has 84 valence electrons. The van der Waals surface area contributed by atoms with Gasteiger partial charge in [0, 0.05) is 17.8 Å². The molecule has 0 atom stereocenters. The van der Waals surface area contributed by atoms with Gasteiger partial charge in [-0.05, 0) is 26.0 Å². The molecule has 4 nitrogen and oxygen atoms in total. The molecule has 0 saturated heterocycles. The van der Waals surface area contributed by atoms with Crippen molar-refractivity contribution >= 4 is 5.82 Å². The van der Waals surface area contributed by atoms with Crippen LogP contribution in [-0.4, -0.2) is 16.4 Å². The van der Waals surface area contributed by atoms with Crippen LogP contribution in [0.4, 0.5) is 5.82 Å². The van der Waals surface area contributed by atoms with Crippen molar-refractivity contribution in [3.05, 3.63) is 36.0 Å². The number of hydrogen-bond donors (Lipinski definition) is 1. The third kappa shape index (κ3) is 2.00. The van der Waals surface area contributed by atoms with Crippen molar-refractivity contribution in [1.82, 2.24) is 9.78 Å². The summed E-state index contributed by atoms with van der Waals surface area (Å²) >= 11 is 0. The number of aryl methyl sites for hydroxylation is 1. The molecule has 0 radical (unpaired) electrons. The topological polar surface area (TPSA) is 53.1 Å². The van der Waals surface area contributed by atoms with Crippen LogP contribution in [0.5, 0.6) is 5.75 Å². The van der Waals surface area contributed by atoms with E-state index in [1.807, 2.05) is 44.3 Å². The summed E-state index contributed by atoms with van der Waals surface area (Å²) in [5, 5.41) is 4.22. The van der Waals surface area contributed by atoms with Crippen molar-refractivity contribution in [3.63, 3.8) is 0 Å². The van der Waals surface area contributed by atoms with E-state index in [-0.39, 0.29) is 0 Å². The number of aromatic nitrogens is 2. The molecule has 0 unspecified atom stereocenters. The second-order valence-electron chi connectivity index (χ2n) is 3.57. The number of nitrogen functional groups attached to an aromatic ring is 1. The van der Waals surface area contributed by atoms with Gasteiger partial charge in [0.25, 0.3) is 0 Å². The van der Waals surface area contributed by atoms with Crippen molar-refractivity contribution in [2.75, 3.05) is 12.3 Å². The Kier molecular flexibility index (Phi) is 2.81. The minimum atomic E-state index is 0.557. The molecule has 0 bridgehead atoms. The molecule has 0 amide bonds. The Hall–Kier alpha value is -1.97. The molecule has 0 spiro atoms. The lowest BCUT2D eigenvalue weighted by molar-refractivity contribution is 0.340. The largest absolute Gasteiger partial charge is 0.494 e. The minimum absolute atomic E-state index is 0.557. The molecule has 4 heteroatoms. The van der Waals surface area contributed by atoms with E-state index in [4.69, 9.17) is 10.5 Å². The van der Waals surface area contributed by atoms with E-state index in [1.165, 1.54) is 0 Å². The summed E-state index contributed by atoms with van der Waals surface area (Å²) in [6, 6.07) is 7.77. The lowest BCUT2D eigenvalue weighted by Crippen LogP contribution is -1.97. The van der Waals surface area contributed by atoms with Gasteiger partial charge in [0.15, 0.2) is 0 Å². The molecule has 16 heavy (non-hydrogen) atoms. The smallest absolute Gasteiger partial charge is 0.148 e. The molecule has 2 N–H and O–H groups in total. The second kappa shape index (κ2) is 4.26. The number of ether oxygens (including phenoxy) is 1. The zero-order valence-electron chi connectivity index (χ0n) is 9.47. The molecule has 0 saturated carbocycles. The fraction of sp³-hybridized carbons (Fsp3) is 0.250. The van der Waals surface area contributed by atoms with Crippen LogP contribution in [-0.2, 0) is 0 Å². The first-order valence-electron chi connectivity index (χ1n) is 5.25. The molecule has 0 aliphatic rings. The summed E-state index contributed by atoms with van der Waals surface area (Å²) in [4.78, 5) is 0. The highest BCUT2D eigenvalue weighted by atomic mass is 16.5. The van der Waals surface area contributed by atoms with E-state index in [0.29, 0.717) is 12.4 Å². The van der Waals surface area contributed by atoms with Crippen molar-refractivity contribution < 1.29 is 4.74 Å². The Morgan fingerprint density at radius 1 is 1.44 bits per heavy atom. The third-order valence-corrected chi connectivity index (χ3v) is 2.33. The van der Waals surface area contributed by atoms with E-state index >= 15 is 0 Å². The lowest BCUT2D eigenvalue weighted by atomic mass is 10.3. The standard InChI is InChI=1S/C12H15N3O/c1-3-16-11-6-4-5-10(7-11)15-8-9(2)12(13)14-15/h4-8H,3H2,1-2H3,(H2,13,14). The highest BCUT2D eigenvalue weighted by molar-refractivity contribution is 5.43. The van der Waals surface area contributed by atoms with Crippen LogP contribution in [0.2, 0.25) is 0 Å². The zero-order chi connectivity index (χ0) is 11.5. The van der Waals surface area contributed by atoms with Crippen molar-refractivity contribution in [2.24, 2.45) is 0 Å². The predicted molar refractivity (Wildman–Crippen MR) is 63.9 cm³/mol. The molecule has 2 rings (SSSR count). The van der Waals surface area contributed by atoms with Crippen LogP contribution in [0, 0.1) is 6.92 Å². The SMILES string of the molecule is CCOc1cccc(-n2cc(C)c(N)n2)c1. The van der Waals surface area contributed by atoms with Crippen LogP contribution in [0.1, 0.15) is 12.5 Å². The monoisotopic (exact) mass is 217 g/mol. The Bertz CT molecular complexity index is 471. The maximum atomic E-state index is 5.71. The summed E-state index contributed by atoms with van der Waals surface area (Å²) in [6.07, 6.45) is 1.90. The summed E-state index contributed by atoms with van der Waals surface area (Å²) in [6.45, 7) is 4.55. The Balaban J connectivity index is 2.36. The van der Waals surface area contributed by atoms with Crippen LogP contribution >= 0.6 is 0 Å². The average molecular weight is 217 g/mol. The summed E-state index contributed by atoms with van der Waals surface area (Å²) in [5.41, 5.74) is 7.64. The van der Waals surface area contributed by atoms with Crippen LogP contribution in [0.15, 0.2) is 30.5 Å². The van der Waals surface area contributed by atoms with Crippen LogP contribution < -0.4 is 10.5 Å². The molecule has 1 heterocycles. The van der Waals surface area contributed by atoms with Gasteiger partial charge in [-0.3, -0.25) is 0 Å². The highest BCUT2D eigenvalue weighted by Gasteiger charge is 2.03. The van der Waals surface area contributed by atoms with Gasteiger partial charge in [0.1, 0.15) is 11.6 Å². The fourth-order valence-corrected chi connectivity index (χ4v) is 1.49. The average Bonchev–Trinajstić information content (AvgIpc) is 2.60. The van der Waals surface area contributed by atoms with Crippen molar-refractivity contribution in [3.8, 4) is 11.4 Å². The molecule has 2 aromatic rings. The first-order chi connectivity index (χ1) is 7.70. The normalized spacial score (nSPS) is 10.4. The Morgan fingerprint density at radius 2 is 2.25 bits per heavy atom. The van der Waals surface area contributed by atoms with Crippen LogP contribution in [0.25, 0.3) is 5.69 Å². The first-order valence-corrected chi connectivity index (χ1v) is 5.25. The third-order valence-electron chi connectivity index (χ3n) is 2.33. The van der Waals surface area contributed by atoms with E-state index < -0.39 is 0 Å². The van der Waals surface area contributed by atoms with Gasteiger partial charge in [-0.1, -0.05) is 6.07 Å². The maximum absolute atomic E-state index is 5.71. The van der Waals surface area contributed by atoms with Crippen LogP contribution in [0.3, 0.4) is 0 Å². The Labute approximate surface area is 94.6 Å². The lowest BCUT2D eigenvalue weighted by Gasteiger charge is -2.05. The van der Waals surface area contributed by atoms with Gasteiger partial charge in [-0.15, -0.1) is 0 Å². The number of nitrogens with two attached hydrogens (primary N) is 1. The van der Waals surface area contributed by atoms with Gasteiger partial charge < -0.3 is 10.5 Å². The van der Waals surface area contributed by atoms with Crippen molar-refractivity contribution in [1.29, 1.82) is 0 Å². The maximum Gasteiger partial charge on any atom is 0.148 e. The van der Waals surface area contributed by atoms with Gasteiger partial charge in [0.2, 0.25) is 0 Å². The van der Waals surface area contributed by atoms with E-state index in [1.54, 1.807) is 4.68 Å². The highest BCUT2D eigenvalue weighted by Crippen LogP contribution is 2.18.